The SMILES string of the molecule is CC(C(=O)NCc1ccc(C(F)(F)F)nc1N1CCC(C(=O)O)(c2ccccc2)CC1)c1ccc(NS(C)(=O)=O)c(F)c1. The highest BCUT2D eigenvalue weighted by atomic mass is 32.2. The van der Waals surface area contributed by atoms with Crippen LogP contribution in [0.3, 0.4) is 0 Å². The fourth-order valence-corrected chi connectivity index (χ4v) is 5.67. The van der Waals surface area contributed by atoms with E-state index in [1.54, 1.807) is 35.2 Å². The number of pyridine rings is 1. The van der Waals surface area contributed by atoms with E-state index < -0.39 is 50.9 Å². The van der Waals surface area contributed by atoms with Gasteiger partial charge in [0.15, 0.2) is 0 Å². The standard InChI is InChI=1S/C29H30F4N4O5S/c1-18(19-8-10-23(22(30)16-19)36-43(2,41)42)26(38)34-17-20-9-11-24(29(31,32)33)35-25(20)37-14-12-28(13-15-37,27(39)40)21-6-4-3-5-7-21/h3-11,16,18,36H,12-15,17H2,1-2H3,(H,34,38)(H,39,40). The zero-order chi connectivity index (χ0) is 31.6. The first-order chi connectivity index (χ1) is 20.1. The first-order valence-corrected chi connectivity index (χ1v) is 15.2. The van der Waals surface area contributed by atoms with Crippen LogP contribution >= 0.6 is 0 Å². The lowest BCUT2D eigenvalue weighted by molar-refractivity contribution is -0.144. The van der Waals surface area contributed by atoms with E-state index in [1.807, 2.05) is 4.72 Å². The number of hydrogen-bond donors (Lipinski definition) is 3. The second-order valence-corrected chi connectivity index (χ2v) is 12.2. The molecule has 4 rings (SSSR count). The number of hydrogen-bond acceptors (Lipinski definition) is 6. The number of carboxylic acid groups (broad SMARTS) is 1. The lowest BCUT2D eigenvalue weighted by atomic mass is 9.73. The highest BCUT2D eigenvalue weighted by Crippen LogP contribution is 2.38. The van der Waals surface area contributed by atoms with E-state index in [-0.39, 0.29) is 55.1 Å². The van der Waals surface area contributed by atoms with Crippen molar-refractivity contribution in [1.82, 2.24) is 10.3 Å². The number of aliphatic carboxylic acids is 1. The number of alkyl halides is 3. The van der Waals surface area contributed by atoms with Gasteiger partial charge >= 0.3 is 12.1 Å². The van der Waals surface area contributed by atoms with Crippen LogP contribution in [0.25, 0.3) is 0 Å². The Balaban J connectivity index is 1.53. The van der Waals surface area contributed by atoms with Crippen LogP contribution in [-0.4, -0.2) is 49.7 Å². The molecule has 1 aromatic heterocycles. The quantitative estimate of drug-likeness (QED) is 0.296. The molecule has 1 aliphatic rings. The molecule has 1 unspecified atom stereocenters. The number of nitrogens with zero attached hydrogens (tertiary/aromatic N) is 2. The molecule has 1 aliphatic heterocycles. The molecule has 2 aromatic carbocycles. The van der Waals surface area contributed by atoms with Crippen LogP contribution in [0.1, 0.15) is 48.1 Å². The number of rotatable bonds is 9. The highest BCUT2D eigenvalue weighted by molar-refractivity contribution is 7.92. The number of piperidine rings is 1. The lowest BCUT2D eigenvalue weighted by Crippen LogP contribution is -2.48. The van der Waals surface area contributed by atoms with Gasteiger partial charge in [-0.2, -0.15) is 13.2 Å². The van der Waals surface area contributed by atoms with Gasteiger partial charge in [0, 0.05) is 25.2 Å². The Morgan fingerprint density at radius 1 is 1.07 bits per heavy atom. The molecule has 3 aromatic rings. The predicted molar refractivity (Wildman–Crippen MR) is 152 cm³/mol. The largest absolute Gasteiger partial charge is 0.481 e. The Bertz CT molecular complexity index is 1610. The molecule has 1 atom stereocenters. The van der Waals surface area contributed by atoms with Crippen molar-refractivity contribution in [2.75, 3.05) is 29.0 Å². The number of halogens is 4. The molecule has 1 amide bonds. The summed E-state index contributed by atoms with van der Waals surface area (Å²) < 4.78 is 80.0. The van der Waals surface area contributed by atoms with Crippen LogP contribution in [0, 0.1) is 5.82 Å². The van der Waals surface area contributed by atoms with Crippen LogP contribution in [0.4, 0.5) is 29.1 Å². The molecule has 0 spiro atoms. The van der Waals surface area contributed by atoms with Crippen LogP contribution in [0.2, 0.25) is 0 Å². The number of carboxylic acids is 1. The molecule has 0 bridgehead atoms. The minimum atomic E-state index is -4.72. The van der Waals surface area contributed by atoms with Gasteiger partial charge in [0.1, 0.15) is 17.3 Å². The maximum absolute atomic E-state index is 14.5. The maximum atomic E-state index is 14.5. The number of carbonyl (C=O) groups excluding carboxylic acids is 1. The second-order valence-electron chi connectivity index (χ2n) is 10.5. The maximum Gasteiger partial charge on any atom is 0.433 e. The zero-order valence-electron chi connectivity index (χ0n) is 23.3. The van der Waals surface area contributed by atoms with Gasteiger partial charge in [-0.3, -0.25) is 14.3 Å². The summed E-state index contributed by atoms with van der Waals surface area (Å²) in [5.74, 6) is -3.35. The third-order valence-electron chi connectivity index (χ3n) is 7.53. The van der Waals surface area contributed by atoms with Gasteiger partial charge in [0.25, 0.3) is 0 Å². The fourth-order valence-electron chi connectivity index (χ4n) is 5.10. The number of sulfonamides is 1. The second kappa shape index (κ2) is 12.2. The predicted octanol–water partition coefficient (Wildman–Crippen LogP) is 4.65. The summed E-state index contributed by atoms with van der Waals surface area (Å²) in [5.41, 5.74) is -1.46. The highest BCUT2D eigenvalue weighted by Gasteiger charge is 2.44. The van der Waals surface area contributed by atoms with E-state index >= 15 is 0 Å². The Morgan fingerprint density at radius 3 is 2.28 bits per heavy atom. The van der Waals surface area contributed by atoms with Crippen molar-refractivity contribution in [3.63, 3.8) is 0 Å². The van der Waals surface area contributed by atoms with E-state index in [9.17, 15) is 40.7 Å². The summed E-state index contributed by atoms with van der Waals surface area (Å²) in [6, 6.07) is 14.3. The molecule has 1 fully saturated rings. The van der Waals surface area contributed by atoms with Crippen LogP contribution in [0.5, 0.6) is 0 Å². The monoisotopic (exact) mass is 622 g/mol. The molecule has 14 heteroatoms. The lowest BCUT2D eigenvalue weighted by Gasteiger charge is -2.40. The number of anilines is 2. The van der Waals surface area contributed by atoms with E-state index in [2.05, 4.69) is 10.3 Å². The number of benzene rings is 2. The molecule has 0 saturated carbocycles. The van der Waals surface area contributed by atoms with E-state index in [1.165, 1.54) is 25.1 Å². The molecule has 230 valence electrons. The van der Waals surface area contributed by atoms with Crippen molar-refractivity contribution in [2.45, 2.75) is 43.8 Å². The van der Waals surface area contributed by atoms with Gasteiger partial charge in [-0.1, -0.05) is 42.5 Å². The average Bonchev–Trinajstić information content (AvgIpc) is 2.95. The Kier molecular flexibility index (Phi) is 9.00. The molecule has 3 N–H and O–H groups in total. The summed E-state index contributed by atoms with van der Waals surface area (Å²) in [6.07, 6.45) is -3.60. The summed E-state index contributed by atoms with van der Waals surface area (Å²) >= 11 is 0. The minimum Gasteiger partial charge on any atom is -0.481 e. The molecule has 9 nitrogen and oxygen atoms in total. The summed E-state index contributed by atoms with van der Waals surface area (Å²) in [7, 11) is -3.72. The smallest absolute Gasteiger partial charge is 0.433 e. The van der Waals surface area contributed by atoms with E-state index in [0.717, 1.165) is 18.4 Å². The number of nitrogens with one attached hydrogen (secondary N) is 2. The molecule has 2 heterocycles. The third kappa shape index (κ3) is 7.24. The molecular weight excluding hydrogens is 592 g/mol. The minimum absolute atomic E-state index is 0.0166. The first-order valence-electron chi connectivity index (χ1n) is 13.3. The van der Waals surface area contributed by atoms with E-state index in [0.29, 0.717) is 5.56 Å². The topological polar surface area (TPSA) is 129 Å². The van der Waals surface area contributed by atoms with Crippen molar-refractivity contribution in [3.8, 4) is 0 Å². The Morgan fingerprint density at radius 2 is 1.72 bits per heavy atom. The Labute approximate surface area is 246 Å². The molecule has 0 radical (unpaired) electrons. The van der Waals surface area contributed by atoms with Crippen molar-refractivity contribution in [2.24, 2.45) is 0 Å². The van der Waals surface area contributed by atoms with Gasteiger partial charge in [0.2, 0.25) is 15.9 Å². The van der Waals surface area contributed by atoms with Crippen molar-refractivity contribution < 1.29 is 40.7 Å². The first kappa shape index (κ1) is 31.7. The van der Waals surface area contributed by atoms with Gasteiger partial charge < -0.3 is 15.3 Å². The number of aromatic nitrogens is 1. The number of amides is 1. The van der Waals surface area contributed by atoms with Gasteiger partial charge in [-0.15, -0.1) is 0 Å². The normalized spacial score (nSPS) is 15.9. The fraction of sp³-hybridized carbons (Fsp3) is 0.345. The van der Waals surface area contributed by atoms with Crippen LogP contribution in [0.15, 0.2) is 60.7 Å². The molecular formula is C29H30F4N4O5S. The van der Waals surface area contributed by atoms with Crippen molar-refractivity contribution >= 4 is 33.4 Å². The van der Waals surface area contributed by atoms with E-state index in [4.69, 9.17) is 0 Å². The molecule has 0 aliphatic carbocycles. The number of carbonyl (C=O) groups is 2. The third-order valence-corrected chi connectivity index (χ3v) is 8.12. The van der Waals surface area contributed by atoms with Crippen molar-refractivity contribution in [1.29, 1.82) is 0 Å². The molecule has 43 heavy (non-hydrogen) atoms. The summed E-state index contributed by atoms with van der Waals surface area (Å²) in [5, 5.41) is 12.7. The Hall–Kier alpha value is -4.20. The van der Waals surface area contributed by atoms with Gasteiger partial charge in [-0.25, -0.2) is 17.8 Å². The average molecular weight is 623 g/mol. The van der Waals surface area contributed by atoms with Crippen LogP contribution < -0.4 is 14.9 Å². The van der Waals surface area contributed by atoms with Gasteiger partial charge in [-0.05, 0) is 49.1 Å². The summed E-state index contributed by atoms with van der Waals surface area (Å²) in [6.45, 7) is 1.53. The van der Waals surface area contributed by atoms with Crippen molar-refractivity contribution in [3.05, 3.63) is 88.9 Å². The summed E-state index contributed by atoms with van der Waals surface area (Å²) in [4.78, 5) is 30.7. The molecule has 1 saturated heterocycles. The van der Waals surface area contributed by atoms with Gasteiger partial charge in [0.05, 0.1) is 23.3 Å². The zero-order valence-corrected chi connectivity index (χ0v) is 24.1. The van der Waals surface area contributed by atoms with Crippen LogP contribution in [-0.2, 0) is 37.7 Å².